The zero-order valence-corrected chi connectivity index (χ0v) is 7.39. The summed E-state index contributed by atoms with van der Waals surface area (Å²) < 4.78 is 0. The van der Waals surface area contributed by atoms with Crippen molar-refractivity contribution in [1.82, 2.24) is 4.90 Å². The highest BCUT2D eigenvalue weighted by molar-refractivity contribution is 7.80. The maximum atomic E-state index is 11.1. The summed E-state index contributed by atoms with van der Waals surface area (Å²) in [6.45, 7) is 2.40. The molecule has 0 atom stereocenters. The lowest BCUT2D eigenvalue weighted by molar-refractivity contribution is -0.136. The zero-order chi connectivity index (χ0) is 8.27. The minimum atomic E-state index is 0.213. The molecule has 1 fully saturated rings. The van der Waals surface area contributed by atoms with E-state index in [4.69, 9.17) is 5.73 Å². The molecule has 0 aromatic heterocycles. The second-order valence-corrected chi connectivity index (χ2v) is 3.32. The molecule has 0 bridgehead atoms. The number of carbonyl (C=O) groups is 1. The standard InChI is InChI=1S/C7H14N2OS/c8-3-6-4-9(5-6)7(10)1-2-11/h6,11H,1-5,8H2. The smallest absolute Gasteiger partial charge is 0.223 e. The molecule has 1 rings (SSSR count). The van der Waals surface area contributed by atoms with Crippen molar-refractivity contribution in [2.45, 2.75) is 6.42 Å². The van der Waals surface area contributed by atoms with Crippen LogP contribution in [0.2, 0.25) is 0 Å². The van der Waals surface area contributed by atoms with E-state index >= 15 is 0 Å². The second-order valence-electron chi connectivity index (χ2n) is 2.87. The highest BCUT2D eigenvalue weighted by atomic mass is 32.1. The Morgan fingerprint density at radius 1 is 1.64 bits per heavy atom. The largest absolute Gasteiger partial charge is 0.342 e. The zero-order valence-electron chi connectivity index (χ0n) is 6.49. The average Bonchev–Trinajstić information content (AvgIpc) is 1.86. The van der Waals surface area contributed by atoms with Gasteiger partial charge in [-0.05, 0) is 12.3 Å². The summed E-state index contributed by atoms with van der Waals surface area (Å²) in [6.07, 6.45) is 0.556. The Morgan fingerprint density at radius 3 is 2.73 bits per heavy atom. The van der Waals surface area contributed by atoms with Crippen LogP contribution in [0, 0.1) is 5.92 Å². The van der Waals surface area contributed by atoms with Crippen molar-refractivity contribution in [3.63, 3.8) is 0 Å². The van der Waals surface area contributed by atoms with Crippen LogP contribution in [0.3, 0.4) is 0 Å². The minimum absolute atomic E-state index is 0.213. The van der Waals surface area contributed by atoms with Crippen molar-refractivity contribution in [1.29, 1.82) is 0 Å². The normalized spacial score (nSPS) is 18.2. The van der Waals surface area contributed by atoms with Crippen LogP contribution in [-0.2, 0) is 4.79 Å². The number of rotatable bonds is 3. The minimum Gasteiger partial charge on any atom is -0.342 e. The number of nitrogens with zero attached hydrogens (tertiary/aromatic N) is 1. The fourth-order valence-corrected chi connectivity index (χ4v) is 1.37. The van der Waals surface area contributed by atoms with Gasteiger partial charge >= 0.3 is 0 Å². The highest BCUT2D eigenvalue weighted by Gasteiger charge is 2.28. The van der Waals surface area contributed by atoms with Gasteiger partial charge in [0.05, 0.1) is 0 Å². The van der Waals surface area contributed by atoms with Crippen LogP contribution < -0.4 is 5.73 Å². The molecule has 11 heavy (non-hydrogen) atoms. The monoisotopic (exact) mass is 174 g/mol. The first-order chi connectivity index (χ1) is 5.27. The van der Waals surface area contributed by atoms with E-state index in [0.29, 0.717) is 24.6 Å². The van der Waals surface area contributed by atoms with Crippen LogP contribution in [0.15, 0.2) is 0 Å². The lowest BCUT2D eigenvalue weighted by Crippen LogP contribution is -2.52. The van der Waals surface area contributed by atoms with E-state index in [1.165, 1.54) is 0 Å². The molecule has 1 heterocycles. The van der Waals surface area contributed by atoms with Gasteiger partial charge in [0.2, 0.25) is 5.91 Å². The molecule has 0 aliphatic carbocycles. The van der Waals surface area contributed by atoms with Crippen molar-refractivity contribution < 1.29 is 4.79 Å². The Balaban J connectivity index is 2.16. The fourth-order valence-electron chi connectivity index (χ4n) is 1.18. The van der Waals surface area contributed by atoms with E-state index in [2.05, 4.69) is 12.6 Å². The first-order valence-corrected chi connectivity index (χ1v) is 4.50. The van der Waals surface area contributed by atoms with Crippen molar-refractivity contribution in [2.24, 2.45) is 11.7 Å². The van der Waals surface area contributed by atoms with Crippen LogP contribution in [0.4, 0.5) is 0 Å². The molecule has 1 saturated heterocycles. The highest BCUT2D eigenvalue weighted by Crippen LogP contribution is 2.14. The van der Waals surface area contributed by atoms with Crippen molar-refractivity contribution in [3.05, 3.63) is 0 Å². The number of hydrogen-bond acceptors (Lipinski definition) is 3. The van der Waals surface area contributed by atoms with Crippen LogP contribution in [-0.4, -0.2) is 36.2 Å². The molecular formula is C7H14N2OS. The number of thiol groups is 1. The molecule has 0 radical (unpaired) electrons. The molecule has 2 N–H and O–H groups in total. The van der Waals surface area contributed by atoms with Crippen LogP contribution in [0.5, 0.6) is 0 Å². The number of nitrogens with two attached hydrogens (primary N) is 1. The molecule has 0 aromatic rings. The van der Waals surface area contributed by atoms with E-state index in [9.17, 15) is 4.79 Å². The van der Waals surface area contributed by atoms with E-state index in [0.717, 1.165) is 13.1 Å². The maximum Gasteiger partial charge on any atom is 0.223 e. The van der Waals surface area contributed by atoms with Gasteiger partial charge in [-0.15, -0.1) is 0 Å². The van der Waals surface area contributed by atoms with E-state index in [1.807, 2.05) is 4.90 Å². The van der Waals surface area contributed by atoms with Gasteiger partial charge in [-0.3, -0.25) is 4.79 Å². The fraction of sp³-hybridized carbons (Fsp3) is 0.857. The summed E-state index contributed by atoms with van der Waals surface area (Å²) in [5.41, 5.74) is 5.42. The van der Waals surface area contributed by atoms with Crippen LogP contribution in [0.1, 0.15) is 6.42 Å². The second kappa shape index (κ2) is 3.97. The van der Waals surface area contributed by atoms with E-state index < -0.39 is 0 Å². The summed E-state index contributed by atoms with van der Waals surface area (Å²) in [7, 11) is 0. The van der Waals surface area contributed by atoms with Gasteiger partial charge in [-0.2, -0.15) is 12.6 Å². The van der Waals surface area contributed by atoms with Gasteiger partial charge < -0.3 is 10.6 Å². The third-order valence-electron chi connectivity index (χ3n) is 1.97. The molecular weight excluding hydrogens is 160 g/mol. The quantitative estimate of drug-likeness (QED) is 0.578. The third kappa shape index (κ3) is 2.10. The Kier molecular flexibility index (Phi) is 3.20. The Morgan fingerprint density at radius 2 is 2.27 bits per heavy atom. The number of amides is 1. The SMILES string of the molecule is NCC1CN(C(=O)CCS)C1. The summed E-state index contributed by atoms with van der Waals surface area (Å²) in [5.74, 6) is 1.39. The van der Waals surface area contributed by atoms with E-state index in [-0.39, 0.29) is 5.91 Å². The van der Waals surface area contributed by atoms with E-state index in [1.54, 1.807) is 0 Å². The maximum absolute atomic E-state index is 11.1. The van der Waals surface area contributed by atoms with Gasteiger partial charge in [0.15, 0.2) is 0 Å². The topological polar surface area (TPSA) is 46.3 Å². The van der Waals surface area contributed by atoms with Gasteiger partial charge in [0.1, 0.15) is 0 Å². The van der Waals surface area contributed by atoms with Gasteiger partial charge in [-0.1, -0.05) is 0 Å². The molecule has 3 nitrogen and oxygen atoms in total. The number of likely N-dealkylation sites (tertiary alicyclic amines) is 1. The van der Waals surface area contributed by atoms with Crippen molar-refractivity contribution in [2.75, 3.05) is 25.4 Å². The van der Waals surface area contributed by atoms with Gasteiger partial charge in [0.25, 0.3) is 0 Å². The number of hydrogen-bond donors (Lipinski definition) is 2. The molecule has 0 aromatic carbocycles. The Labute approximate surface area is 72.3 Å². The molecule has 1 aliphatic heterocycles. The molecule has 64 valence electrons. The molecule has 1 amide bonds. The lowest BCUT2D eigenvalue weighted by atomic mass is 10.0. The lowest BCUT2D eigenvalue weighted by Gasteiger charge is -2.38. The predicted octanol–water partition coefficient (Wildman–Crippen LogP) is -0.277. The summed E-state index contributed by atoms with van der Waals surface area (Å²) >= 11 is 3.99. The molecule has 0 spiro atoms. The third-order valence-corrected chi connectivity index (χ3v) is 2.19. The summed E-state index contributed by atoms with van der Waals surface area (Å²) in [4.78, 5) is 13.0. The Hall–Kier alpha value is -0.220. The first-order valence-electron chi connectivity index (χ1n) is 3.86. The predicted molar refractivity (Wildman–Crippen MR) is 47.6 cm³/mol. The summed E-state index contributed by atoms with van der Waals surface area (Å²) in [5, 5.41) is 0. The molecule has 0 unspecified atom stereocenters. The Bertz CT molecular complexity index is 145. The van der Waals surface area contributed by atoms with Gasteiger partial charge in [-0.25, -0.2) is 0 Å². The summed E-state index contributed by atoms with van der Waals surface area (Å²) in [6, 6.07) is 0. The molecule has 4 heteroatoms. The van der Waals surface area contributed by atoms with Gasteiger partial charge in [0, 0.05) is 25.4 Å². The van der Waals surface area contributed by atoms with Crippen LogP contribution >= 0.6 is 12.6 Å². The van der Waals surface area contributed by atoms with Crippen molar-refractivity contribution in [3.8, 4) is 0 Å². The molecule has 0 saturated carbocycles. The molecule has 1 aliphatic rings. The number of carbonyl (C=O) groups excluding carboxylic acids is 1. The first kappa shape index (κ1) is 8.87. The van der Waals surface area contributed by atoms with Crippen molar-refractivity contribution >= 4 is 18.5 Å². The van der Waals surface area contributed by atoms with Crippen LogP contribution in [0.25, 0.3) is 0 Å². The average molecular weight is 174 g/mol.